The zero-order chi connectivity index (χ0) is 13.8. The zero-order valence-corrected chi connectivity index (χ0v) is 12.0. The minimum atomic E-state index is -0.592. The van der Waals surface area contributed by atoms with Gasteiger partial charge in [-0.1, -0.05) is 24.1 Å². The average Bonchev–Trinajstić information content (AvgIpc) is 2.83. The maximum atomic E-state index is 13.6. The van der Waals surface area contributed by atoms with E-state index < -0.39 is 11.7 Å². The monoisotopic (exact) mass is 303 g/mol. The van der Waals surface area contributed by atoms with Crippen molar-refractivity contribution >= 4 is 29.1 Å². The summed E-state index contributed by atoms with van der Waals surface area (Å²) in [5.41, 5.74) is -0.0791. The van der Waals surface area contributed by atoms with Crippen LogP contribution in [0.4, 0.5) is 4.39 Å². The predicted octanol–water partition coefficient (Wildman–Crippen LogP) is 3.86. The highest BCUT2D eigenvalue weighted by Gasteiger charge is 2.27. The molecule has 0 aliphatic heterocycles. The summed E-state index contributed by atoms with van der Waals surface area (Å²) in [6, 6.07) is 4.23. The van der Waals surface area contributed by atoms with E-state index in [0.29, 0.717) is 24.3 Å². The Morgan fingerprint density at radius 1 is 1.37 bits per heavy atom. The summed E-state index contributed by atoms with van der Waals surface area (Å²) in [6.45, 7) is 0.529. The molecule has 0 heterocycles. The Hall–Kier alpha value is -0.800. The number of amides is 1. The van der Waals surface area contributed by atoms with Gasteiger partial charge >= 0.3 is 0 Å². The third-order valence-electron chi connectivity index (χ3n) is 3.73. The lowest BCUT2D eigenvalue weighted by Gasteiger charge is -2.18. The normalized spacial score (nSPS) is 22.5. The van der Waals surface area contributed by atoms with Crippen LogP contribution in [0.1, 0.15) is 29.6 Å². The Labute approximate surface area is 122 Å². The minimum Gasteiger partial charge on any atom is -0.352 e. The van der Waals surface area contributed by atoms with Crippen molar-refractivity contribution < 1.29 is 9.18 Å². The third-order valence-corrected chi connectivity index (χ3v) is 4.44. The Bertz CT molecular complexity index is 447. The summed E-state index contributed by atoms with van der Waals surface area (Å²) in [5.74, 6) is 0.389. The summed E-state index contributed by atoms with van der Waals surface area (Å²) in [5, 5.41) is 2.90. The van der Waals surface area contributed by atoms with Crippen molar-refractivity contribution in [2.45, 2.75) is 19.3 Å². The molecule has 1 N–H and O–H groups in total. The number of benzene rings is 1. The van der Waals surface area contributed by atoms with E-state index >= 15 is 0 Å². The van der Waals surface area contributed by atoms with Crippen LogP contribution in [0.5, 0.6) is 0 Å². The van der Waals surface area contributed by atoms with Crippen molar-refractivity contribution in [1.82, 2.24) is 5.32 Å². The molecule has 1 aromatic carbocycles. The van der Waals surface area contributed by atoms with Gasteiger partial charge in [-0.3, -0.25) is 4.79 Å². The summed E-state index contributed by atoms with van der Waals surface area (Å²) in [6.07, 6.45) is 3.30. The van der Waals surface area contributed by atoms with Crippen LogP contribution in [-0.4, -0.2) is 18.3 Å². The summed E-state index contributed by atoms with van der Waals surface area (Å²) < 4.78 is 13.6. The molecule has 2 rings (SSSR count). The molecule has 0 saturated heterocycles. The van der Waals surface area contributed by atoms with Crippen molar-refractivity contribution in [2.24, 2.45) is 11.8 Å². The van der Waals surface area contributed by atoms with Crippen LogP contribution < -0.4 is 5.32 Å². The molecule has 2 unspecified atom stereocenters. The van der Waals surface area contributed by atoms with Gasteiger partial charge in [0.1, 0.15) is 5.82 Å². The molecule has 19 heavy (non-hydrogen) atoms. The van der Waals surface area contributed by atoms with Gasteiger partial charge in [0.15, 0.2) is 0 Å². The van der Waals surface area contributed by atoms with E-state index in [4.69, 9.17) is 23.2 Å². The summed E-state index contributed by atoms with van der Waals surface area (Å²) >= 11 is 11.7. The van der Waals surface area contributed by atoms with Gasteiger partial charge in [0.05, 0.1) is 10.6 Å². The van der Waals surface area contributed by atoms with E-state index in [-0.39, 0.29) is 10.6 Å². The van der Waals surface area contributed by atoms with E-state index in [2.05, 4.69) is 5.32 Å². The second-order valence-corrected chi connectivity index (χ2v) is 5.63. The molecule has 1 fully saturated rings. The van der Waals surface area contributed by atoms with E-state index in [1.54, 1.807) is 0 Å². The van der Waals surface area contributed by atoms with Crippen LogP contribution in [0.15, 0.2) is 18.2 Å². The molecule has 0 aromatic heterocycles. The fourth-order valence-electron chi connectivity index (χ4n) is 2.61. The lowest BCUT2D eigenvalue weighted by atomic mass is 9.98. The zero-order valence-electron chi connectivity index (χ0n) is 10.5. The van der Waals surface area contributed by atoms with E-state index in [1.807, 2.05) is 0 Å². The van der Waals surface area contributed by atoms with Crippen LogP contribution in [0, 0.1) is 17.7 Å². The van der Waals surface area contributed by atoms with Crippen molar-refractivity contribution in [3.8, 4) is 0 Å². The molecule has 1 saturated carbocycles. The fraction of sp³-hybridized carbons (Fsp3) is 0.500. The molecule has 1 amide bonds. The van der Waals surface area contributed by atoms with Gasteiger partial charge < -0.3 is 5.32 Å². The van der Waals surface area contributed by atoms with Crippen molar-refractivity contribution in [3.63, 3.8) is 0 Å². The maximum absolute atomic E-state index is 13.6. The van der Waals surface area contributed by atoms with Crippen LogP contribution in [0.3, 0.4) is 0 Å². The second kappa shape index (κ2) is 6.58. The summed E-state index contributed by atoms with van der Waals surface area (Å²) in [4.78, 5) is 12.0. The molecule has 1 aliphatic carbocycles. The molecule has 0 bridgehead atoms. The van der Waals surface area contributed by atoms with Crippen LogP contribution in [0.25, 0.3) is 0 Å². The highest BCUT2D eigenvalue weighted by Crippen LogP contribution is 2.32. The van der Waals surface area contributed by atoms with Crippen LogP contribution in [-0.2, 0) is 0 Å². The number of hydrogen-bond donors (Lipinski definition) is 1. The van der Waals surface area contributed by atoms with E-state index in [1.165, 1.54) is 18.2 Å². The SMILES string of the molecule is O=C(NCC1CCCC1CCl)c1c(F)cccc1Cl. The average molecular weight is 304 g/mol. The quantitative estimate of drug-likeness (QED) is 0.841. The second-order valence-electron chi connectivity index (χ2n) is 4.91. The van der Waals surface area contributed by atoms with Crippen LogP contribution >= 0.6 is 23.2 Å². The predicted molar refractivity (Wildman–Crippen MR) is 75.3 cm³/mol. The van der Waals surface area contributed by atoms with Crippen molar-refractivity contribution in [3.05, 3.63) is 34.6 Å². The molecule has 5 heteroatoms. The first-order valence-corrected chi connectivity index (χ1v) is 7.33. The molecule has 0 radical (unpaired) electrons. The Morgan fingerprint density at radius 2 is 2.11 bits per heavy atom. The number of carbonyl (C=O) groups excluding carboxylic acids is 1. The Kier molecular flexibility index (Phi) is 5.06. The van der Waals surface area contributed by atoms with Crippen molar-refractivity contribution in [2.75, 3.05) is 12.4 Å². The van der Waals surface area contributed by atoms with Gasteiger partial charge in [0.25, 0.3) is 5.91 Å². The van der Waals surface area contributed by atoms with Crippen molar-refractivity contribution in [1.29, 1.82) is 0 Å². The molecule has 0 spiro atoms. The number of nitrogens with one attached hydrogen (secondary N) is 1. The van der Waals surface area contributed by atoms with Gasteiger partial charge in [-0.2, -0.15) is 0 Å². The minimum absolute atomic E-state index is 0.0791. The topological polar surface area (TPSA) is 29.1 Å². The van der Waals surface area contributed by atoms with Gasteiger partial charge in [-0.15, -0.1) is 11.6 Å². The lowest BCUT2D eigenvalue weighted by Crippen LogP contribution is -2.32. The number of hydrogen-bond acceptors (Lipinski definition) is 1. The highest BCUT2D eigenvalue weighted by atomic mass is 35.5. The highest BCUT2D eigenvalue weighted by molar-refractivity contribution is 6.33. The molecule has 2 nitrogen and oxygen atoms in total. The number of carbonyl (C=O) groups is 1. The number of alkyl halides is 1. The molecule has 1 aromatic rings. The maximum Gasteiger partial charge on any atom is 0.255 e. The summed E-state index contributed by atoms with van der Waals surface area (Å²) in [7, 11) is 0. The molecule has 1 aliphatic rings. The lowest BCUT2D eigenvalue weighted by molar-refractivity contribution is 0.0941. The standard InChI is InChI=1S/C14H16Cl2FNO/c15-7-9-3-1-4-10(9)8-18-14(19)13-11(16)5-2-6-12(13)17/h2,5-6,9-10H,1,3-4,7-8H2,(H,18,19). The Morgan fingerprint density at radius 3 is 2.79 bits per heavy atom. The Balaban J connectivity index is 1.98. The third kappa shape index (κ3) is 3.40. The first-order valence-electron chi connectivity index (χ1n) is 6.41. The fourth-order valence-corrected chi connectivity index (χ4v) is 3.27. The van der Waals surface area contributed by atoms with Gasteiger partial charge in [0.2, 0.25) is 0 Å². The number of rotatable bonds is 4. The van der Waals surface area contributed by atoms with Gasteiger partial charge in [0, 0.05) is 12.4 Å². The smallest absolute Gasteiger partial charge is 0.255 e. The van der Waals surface area contributed by atoms with E-state index in [0.717, 1.165) is 19.3 Å². The molecule has 104 valence electrons. The van der Waals surface area contributed by atoms with Crippen LogP contribution in [0.2, 0.25) is 5.02 Å². The molecular weight excluding hydrogens is 288 g/mol. The van der Waals surface area contributed by atoms with Gasteiger partial charge in [-0.25, -0.2) is 4.39 Å². The van der Waals surface area contributed by atoms with Gasteiger partial charge in [-0.05, 0) is 36.8 Å². The first kappa shape index (κ1) is 14.6. The molecular formula is C14H16Cl2FNO. The largest absolute Gasteiger partial charge is 0.352 e. The number of halogens is 3. The van der Waals surface area contributed by atoms with E-state index in [9.17, 15) is 9.18 Å². The first-order chi connectivity index (χ1) is 9.13. The molecule has 2 atom stereocenters.